The van der Waals surface area contributed by atoms with Gasteiger partial charge >= 0.3 is 0 Å². The Bertz CT molecular complexity index is 760. The van der Waals surface area contributed by atoms with Crippen LogP contribution in [0.2, 0.25) is 0 Å². The topological polar surface area (TPSA) is 20.2 Å². The van der Waals surface area contributed by atoms with Crippen molar-refractivity contribution in [3.05, 3.63) is 24.3 Å². The number of fused-ring (bicyclic) bond motifs is 5. The molecule has 8 unspecified atom stereocenters. The van der Waals surface area contributed by atoms with Gasteiger partial charge in [0.15, 0.2) is 0 Å². The normalized spacial score (nSPS) is 47.5. The van der Waals surface area contributed by atoms with E-state index >= 15 is 0 Å². The van der Waals surface area contributed by atoms with Crippen LogP contribution < -0.4 is 0 Å². The van der Waals surface area contributed by atoms with Crippen molar-refractivity contribution in [3.8, 4) is 0 Å². The monoisotopic (exact) mass is 440 g/mol. The van der Waals surface area contributed by atoms with Gasteiger partial charge in [0.05, 0.1) is 6.10 Å². The molecule has 1 N–H and O–H groups in total. The molecule has 1 heteroatoms. The molecule has 0 saturated heterocycles. The summed E-state index contributed by atoms with van der Waals surface area (Å²) in [5.74, 6) is 3.57. The van der Waals surface area contributed by atoms with E-state index in [4.69, 9.17) is 0 Å². The molecule has 0 aliphatic heterocycles. The molecule has 0 spiro atoms. The Morgan fingerprint density at radius 2 is 1.47 bits per heavy atom. The van der Waals surface area contributed by atoms with Crippen LogP contribution in [-0.4, -0.2) is 11.2 Å². The lowest BCUT2D eigenvalue weighted by molar-refractivity contribution is -0.220. The molecule has 4 saturated carbocycles. The van der Waals surface area contributed by atoms with E-state index in [1.807, 2.05) is 0 Å². The molecular weight excluding hydrogens is 388 g/mol. The van der Waals surface area contributed by atoms with Gasteiger partial charge in [0.25, 0.3) is 0 Å². The van der Waals surface area contributed by atoms with E-state index in [2.05, 4.69) is 61.6 Å². The van der Waals surface area contributed by atoms with Crippen LogP contribution in [0.15, 0.2) is 24.3 Å². The van der Waals surface area contributed by atoms with Crippen LogP contribution in [0.4, 0.5) is 0 Å². The maximum Gasteiger partial charge on any atom is 0.0594 e. The predicted molar refractivity (Wildman–Crippen MR) is 137 cm³/mol. The molecule has 0 aromatic rings. The molecule has 4 fully saturated rings. The Kier molecular flexibility index (Phi) is 6.14. The van der Waals surface area contributed by atoms with E-state index in [0.29, 0.717) is 34.0 Å². The summed E-state index contributed by atoms with van der Waals surface area (Å²) in [5, 5.41) is 10.9. The first-order valence-corrected chi connectivity index (χ1v) is 13.8. The molecule has 0 bridgehead atoms. The van der Waals surface area contributed by atoms with Gasteiger partial charge in [0.2, 0.25) is 0 Å². The maximum atomic E-state index is 10.9. The van der Waals surface area contributed by atoms with Crippen LogP contribution in [0.5, 0.6) is 0 Å². The van der Waals surface area contributed by atoms with E-state index in [9.17, 15) is 5.11 Å². The van der Waals surface area contributed by atoms with Gasteiger partial charge in [0.1, 0.15) is 0 Å². The first kappa shape index (κ1) is 24.6. The fourth-order valence-corrected chi connectivity index (χ4v) is 10.0. The van der Waals surface area contributed by atoms with Crippen LogP contribution in [0.3, 0.4) is 0 Å². The van der Waals surface area contributed by atoms with Crippen LogP contribution in [0.1, 0.15) is 113 Å². The van der Waals surface area contributed by atoms with Gasteiger partial charge in [-0.2, -0.15) is 0 Å². The zero-order valence-electron chi connectivity index (χ0n) is 22.4. The minimum Gasteiger partial charge on any atom is -0.393 e. The van der Waals surface area contributed by atoms with Gasteiger partial charge in [-0.15, -0.1) is 0 Å². The molecule has 0 aromatic heterocycles. The lowest BCUT2D eigenvalue weighted by Crippen LogP contribution is -2.63. The van der Waals surface area contributed by atoms with Crippen molar-refractivity contribution < 1.29 is 5.11 Å². The number of aliphatic hydroxyl groups is 1. The molecule has 0 radical (unpaired) electrons. The lowest BCUT2D eigenvalue weighted by Gasteiger charge is -2.69. The molecule has 182 valence electrons. The summed E-state index contributed by atoms with van der Waals surface area (Å²) in [7, 11) is 0. The summed E-state index contributed by atoms with van der Waals surface area (Å²) >= 11 is 0. The second kappa shape index (κ2) is 8.00. The highest BCUT2D eigenvalue weighted by Gasteiger charge is 2.68. The molecule has 0 heterocycles. The zero-order valence-corrected chi connectivity index (χ0v) is 22.4. The van der Waals surface area contributed by atoms with Gasteiger partial charge < -0.3 is 5.11 Å². The summed E-state index contributed by atoms with van der Waals surface area (Å²) < 4.78 is 0. The Morgan fingerprint density at radius 3 is 2.12 bits per heavy atom. The smallest absolute Gasteiger partial charge is 0.0594 e. The first-order valence-electron chi connectivity index (χ1n) is 13.8. The average Bonchev–Trinajstić information content (AvgIpc) is 3.07. The van der Waals surface area contributed by atoms with Gasteiger partial charge in [-0.05, 0) is 115 Å². The third kappa shape index (κ3) is 3.34. The maximum absolute atomic E-state index is 10.9. The summed E-state index contributed by atoms with van der Waals surface area (Å²) in [6.45, 7) is 26.2. The highest BCUT2D eigenvalue weighted by molar-refractivity contribution is 5.21. The minimum atomic E-state index is -0.128. The number of allylic oxidation sites excluding steroid dienone is 2. The Hall–Kier alpha value is -0.560. The highest BCUT2D eigenvalue weighted by atomic mass is 16.3. The van der Waals surface area contributed by atoms with E-state index in [1.165, 1.54) is 56.1 Å². The lowest BCUT2D eigenvalue weighted by atomic mass is 9.35. The van der Waals surface area contributed by atoms with E-state index in [0.717, 1.165) is 31.1 Å². The summed E-state index contributed by atoms with van der Waals surface area (Å²) in [5.41, 5.74) is 4.20. The van der Waals surface area contributed by atoms with E-state index in [-0.39, 0.29) is 11.5 Å². The zero-order chi connectivity index (χ0) is 23.7. The number of hydrogen-bond acceptors (Lipinski definition) is 1. The van der Waals surface area contributed by atoms with Crippen molar-refractivity contribution in [2.75, 3.05) is 0 Å². The Morgan fingerprint density at radius 1 is 0.812 bits per heavy atom. The highest BCUT2D eigenvalue weighted by Crippen LogP contribution is 2.75. The largest absolute Gasteiger partial charge is 0.393 e. The molecule has 4 aliphatic rings. The molecule has 32 heavy (non-hydrogen) atoms. The molecule has 8 atom stereocenters. The standard InChI is InChI=1S/C31H52O/c1-20(2)21(3)10-11-22(4)23-14-18-30(8)24(23)12-13-26-29(7)17-16-27(32)28(5,6)25(29)15-19-31(26,30)9/h20,23-27,32H,3-4,10-19H2,1-2,5-9H3. The Balaban J connectivity index is 1.57. The minimum absolute atomic E-state index is 0.0530. The summed E-state index contributed by atoms with van der Waals surface area (Å²) in [4.78, 5) is 0. The van der Waals surface area contributed by atoms with Crippen molar-refractivity contribution in [1.82, 2.24) is 0 Å². The van der Waals surface area contributed by atoms with Crippen molar-refractivity contribution in [2.45, 2.75) is 119 Å². The molecule has 4 rings (SSSR count). The van der Waals surface area contributed by atoms with E-state index < -0.39 is 0 Å². The SMILES string of the molecule is C=C(CCC(=C)C1CCC2(C)C1CCC1C3(C)CCC(O)C(C)(C)C3CCC12C)C(C)C. The van der Waals surface area contributed by atoms with Crippen molar-refractivity contribution in [1.29, 1.82) is 0 Å². The van der Waals surface area contributed by atoms with Crippen molar-refractivity contribution >= 4 is 0 Å². The first-order chi connectivity index (χ1) is 14.8. The number of hydrogen-bond donors (Lipinski definition) is 1. The van der Waals surface area contributed by atoms with Crippen LogP contribution in [0.25, 0.3) is 0 Å². The fourth-order valence-electron chi connectivity index (χ4n) is 10.0. The van der Waals surface area contributed by atoms with Gasteiger partial charge in [-0.3, -0.25) is 0 Å². The molecule has 1 nitrogen and oxygen atoms in total. The van der Waals surface area contributed by atoms with Crippen molar-refractivity contribution in [3.63, 3.8) is 0 Å². The second-order valence-electron chi connectivity index (χ2n) is 14.2. The van der Waals surface area contributed by atoms with Crippen LogP contribution in [0, 0.1) is 51.2 Å². The molecule has 0 aromatic carbocycles. The van der Waals surface area contributed by atoms with Gasteiger partial charge in [0, 0.05) is 0 Å². The third-order valence-electron chi connectivity index (χ3n) is 12.5. The molecule has 4 aliphatic carbocycles. The van der Waals surface area contributed by atoms with Crippen molar-refractivity contribution in [2.24, 2.45) is 51.2 Å². The second-order valence-corrected chi connectivity index (χ2v) is 14.2. The van der Waals surface area contributed by atoms with Crippen LogP contribution in [-0.2, 0) is 0 Å². The third-order valence-corrected chi connectivity index (χ3v) is 12.5. The molecule has 0 amide bonds. The predicted octanol–water partition coefficient (Wildman–Crippen LogP) is 8.58. The Labute approximate surface area is 199 Å². The van der Waals surface area contributed by atoms with Crippen LogP contribution >= 0.6 is 0 Å². The average molecular weight is 441 g/mol. The van der Waals surface area contributed by atoms with E-state index in [1.54, 1.807) is 0 Å². The summed E-state index contributed by atoms with van der Waals surface area (Å²) in [6.07, 6.45) is 12.5. The molecular formula is C31H52O. The fraction of sp³-hybridized carbons (Fsp3) is 0.871. The quantitative estimate of drug-likeness (QED) is 0.424. The van der Waals surface area contributed by atoms with Gasteiger partial charge in [-0.1, -0.05) is 72.8 Å². The van der Waals surface area contributed by atoms with Gasteiger partial charge in [-0.25, -0.2) is 0 Å². The summed E-state index contributed by atoms with van der Waals surface area (Å²) in [6, 6.07) is 0. The number of rotatable bonds is 5. The number of aliphatic hydroxyl groups excluding tert-OH is 1.